The van der Waals surface area contributed by atoms with Crippen LogP contribution in [0.15, 0.2) is 91.5 Å². The zero-order valence-corrected chi connectivity index (χ0v) is 35.8. The third-order valence-electron chi connectivity index (χ3n) is 10.1. The minimum atomic E-state index is -1.65. The number of hydrogen-bond acceptors (Lipinski definition) is 12. The number of aromatic nitrogens is 4. The number of benzene rings is 3. The van der Waals surface area contributed by atoms with E-state index in [9.17, 15) is 10.1 Å². The largest absolute Gasteiger partial charge is 0.497 e. The summed E-state index contributed by atoms with van der Waals surface area (Å²) < 4.78 is 42.9. The fourth-order valence-electron chi connectivity index (χ4n) is 7.24. The van der Waals surface area contributed by atoms with E-state index < -0.39 is 32.6 Å². The van der Waals surface area contributed by atoms with Crippen molar-refractivity contribution >= 4 is 31.4 Å². The zero-order chi connectivity index (χ0) is 42.1. The molecule has 0 spiro atoms. The van der Waals surface area contributed by atoms with Gasteiger partial charge in [0.05, 0.1) is 52.4 Å². The summed E-state index contributed by atoms with van der Waals surface area (Å²) in [5.41, 5.74) is 2.49. The van der Waals surface area contributed by atoms with Crippen LogP contribution in [-0.4, -0.2) is 81.8 Å². The van der Waals surface area contributed by atoms with E-state index in [1.54, 1.807) is 20.5 Å². The average molecular weight is 824 g/mol. The fraction of sp³-hybridized carbons (Fsp3) is 0.432. The molecule has 6 rings (SSSR count). The molecule has 5 aromatic rings. The van der Waals surface area contributed by atoms with Crippen molar-refractivity contribution in [2.75, 3.05) is 32.8 Å². The lowest BCUT2D eigenvalue weighted by Crippen LogP contribution is -2.39. The Bertz CT molecular complexity index is 2110. The average Bonchev–Trinajstić information content (AvgIpc) is 3.86. The van der Waals surface area contributed by atoms with Crippen LogP contribution in [0.25, 0.3) is 11.2 Å². The summed E-state index contributed by atoms with van der Waals surface area (Å²) in [6.45, 7) is 12.4. The van der Waals surface area contributed by atoms with Gasteiger partial charge in [-0.15, -0.1) is 0 Å². The number of nitriles is 1. The highest BCUT2D eigenvalue weighted by molar-refractivity contribution is 7.44. The van der Waals surface area contributed by atoms with Gasteiger partial charge in [0.2, 0.25) is 5.91 Å². The number of anilines is 1. The maximum atomic E-state index is 12.7. The molecule has 312 valence electrons. The predicted octanol–water partition coefficient (Wildman–Crippen LogP) is 8.40. The summed E-state index contributed by atoms with van der Waals surface area (Å²) in [6.07, 6.45) is 1.94. The van der Waals surface area contributed by atoms with Crippen LogP contribution < -0.4 is 14.8 Å². The Labute approximate surface area is 347 Å². The van der Waals surface area contributed by atoms with Crippen LogP contribution in [0, 0.1) is 17.2 Å². The first-order valence-electron chi connectivity index (χ1n) is 19.9. The van der Waals surface area contributed by atoms with Crippen LogP contribution in [-0.2, 0) is 28.9 Å². The lowest BCUT2D eigenvalue weighted by molar-refractivity contribution is -0.118. The molecule has 4 atom stereocenters. The molecular formula is C44H54N7O7P. The van der Waals surface area contributed by atoms with E-state index in [1.165, 1.54) is 6.33 Å². The molecule has 1 N–H and O–H groups in total. The van der Waals surface area contributed by atoms with Gasteiger partial charge in [0.15, 0.2) is 17.0 Å². The number of ether oxygens (including phenoxy) is 4. The Balaban J connectivity index is 1.43. The SMILES string of the molecule is COc1ccc(C(OC[C@H]2O[C@@H](n3cnc4c(NC(=O)C(C)C)ncnc43)C[C@H]2OP(OCCC#N)N(C(C)C)C(C)C)(c2ccccc2)c2ccc(OC)cc2)cc1. The molecule has 2 aromatic heterocycles. The molecule has 1 fully saturated rings. The van der Waals surface area contributed by atoms with Crippen molar-refractivity contribution in [3.05, 3.63) is 108 Å². The molecule has 1 unspecified atom stereocenters. The number of rotatable bonds is 19. The third kappa shape index (κ3) is 9.73. The number of imidazole rings is 1. The minimum absolute atomic E-state index is 0.0839. The van der Waals surface area contributed by atoms with Crippen molar-refractivity contribution in [1.82, 2.24) is 24.2 Å². The van der Waals surface area contributed by atoms with Gasteiger partial charge in [0.1, 0.15) is 35.8 Å². The molecular weight excluding hydrogens is 769 g/mol. The van der Waals surface area contributed by atoms with Crippen LogP contribution >= 0.6 is 8.53 Å². The van der Waals surface area contributed by atoms with Crippen molar-refractivity contribution in [3.8, 4) is 17.6 Å². The summed E-state index contributed by atoms with van der Waals surface area (Å²) in [5, 5.41) is 12.3. The maximum absolute atomic E-state index is 12.7. The van der Waals surface area contributed by atoms with Gasteiger partial charge < -0.3 is 33.3 Å². The first-order valence-corrected chi connectivity index (χ1v) is 21.0. The first kappa shape index (κ1) is 43.6. The molecule has 1 saturated heterocycles. The smallest absolute Gasteiger partial charge is 0.259 e. The number of fused-ring (bicyclic) bond motifs is 1. The second-order valence-corrected chi connectivity index (χ2v) is 16.5. The van der Waals surface area contributed by atoms with E-state index in [1.807, 2.05) is 85.1 Å². The highest BCUT2D eigenvalue weighted by Crippen LogP contribution is 2.51. The lowest BCUT2D eigenvalue weighted by atomic mass is 9.80. The zero-order valence-electron chi connectivity index (χ0n) is 34.9. The van der Waals surface area contributed by atoms with Crippen molar-refractivity contribution in [3.63, 3.8) is 0 Å². The molecule has 1 aliphatic heterocycles. The van der Waals surface area contributed by atoms with Crippen molar-refractivity contribution in [2.24, 2.45) is 5.92 Å². The Hall–Kier alpha value is -5.00. The van der Waals surface area contributed by atoms with Gasteiger partial charge in [0.25, 0.3) is 8.53 Å². The Morgan fingerprint density at radius 3 is 2.08 bits per heavy atom. The molecule has 0 radical (unpaired) electrons. The highest BCUT2D eigenvalue weighted by atomic mass is 31.2. The van der Waals surface area contributed by atoms with E-state index in [-0.39, 0.29) is 43.5 Å². The summed E-state index contributed by atoms with van der Waals surface area (Å²) in [5.74, 6) is 1.33. The van der Waals surface area contributed by atoms with Crippen LogP contribution in [0.5, 0.6) is 11.5 Å². The molecule has 15 heteroatoms. The summed E-state index contributed by atoms with van der Waals surface area (Å²) in [6, 6.07) is 28.2. The number of amides is 1. The van der Waals surface area contributed by atoms with E-state index in [4.69, 9.17) is 28.0 Å². The fourth-order valence-corrected chi connectivity index (χ4v) is 9.00. The summed E-state index contributed by atoms with van der Waals surface area (Å²) >= 11 is 0. The normalized spacial score (nSPS) is 17.5. The second-order valence-electron chi connectivity index (χ2n) is 15.1. The number of carbonyl (C=O) groups is 1. The van der Waals surface area contributed by atoms with E-state index in [2.05, 4.69) is 70.8 Å². The minimum Gasteiger partial charge on any atom is -0.497 e. The van der Waals surface area contributed by atoms with Gasteiger partial charge in [-0.05, 0) is 68.7 Å². The standard InChI is InChI=1S/C44H54N7O7P/c1-29(2)43(52)49-41-40-42(47-27-46-41)50(28-48-40)39-25-37(58-59(56-24-12-23-45)51(30(3)4)31(5)6)38(57-39)26-55-44(32-13-10-9-11-14-32,33-15-19-35(53-7)20-16-33)34-17-21-36(54-8)22-18-34/h9-11,13-22,27-31,37-39H,12,24-26H2,1-8H3,(H,46,47,49,52)/t37-,38-,39-,59?/m1/s1. The Morgan fingerprint density at radius 2 is 1.53 bits per heavy atom. The van der Waals surface area contributed by atoms with Gasteiger partial charge in [-0.3, -0.25) is 9.36 Å². The van der Waals surface area contributed by atoms with E-state index in [0.717, 1.165) is 16.7 Å². The quantitative estimate of drug-likeness (QED) is 0.0483. The number of nitrogens with one attached hydrogen (secondary N) is 1. The number of carbonyl (C=O) groups excluding carboxylic acids is 1. The topological polar surface area (TPSA) is 155 Å². The van der Waals surface area contributed by atoms with Crippen LogP contribution in [0.3, 0.4) is 0 Å². The molecule has 1 amide bonds. The van der Waals surface area contributed by atoms with Crippen molar-refractivity contribution in [2.45, 2.75) is 90.5 Å². The summed E-state index contributed by atoms with van der Waals surface area (Å²) in [7, 11) is 1.64. The molecule has 3 aromatic carbocycles. The summed E-state index contributed by atoms with van der Waals surface area (Å²) in [4.78, 5) is 26.2. The molecule has 0 saturated carbocycles. The van der Waals surface area contributed by atoms with Gasteiger partial charge in [0, 0.05) is 24.4 Å². The number of nitrogens with zero attached hydrogens (tertiary/aromatic N) is 6. The highest BCUT2D eigenvalue weighted by Gasteiger charge is 2.45. The molecule has 59 heavy (non-hydrogen) atoms. The maximum Gasteiger partial charge on any atom is 0.259 e. The Morgan fingerprint density at radius 1 is 0.915 bits per heavy atom. The van der Waals surface area contributed by atoms with Gasteiger partial charge in [-0.2, -0.15) is 5.26 Å². The number of hydrogen-bond donors (Lipinski definition) is 1. The van der Waals surface area contributed by atoms with Crippen LogP contribution in [0.4, 0.5) is 5.82 Å². The van der Waals surface area contributed by atoms with Crippen molar-refractivity contribution < 1.29 is 32.8 Å². The molecule has 0 aliphatic carbocycles. The number of methoxy groups -OCH3 is 2. The van der Waals surface area contributed by atoms with E-state index in [0.29, 0.717) is 34.9 Å². The molecule has 0 bridgehead atoms. The third-order valence-corrected chi connectivity index (χ3v) is 12.3. The van der Waals surface area contributed by atoms with Gasteiger partial charge in [-0.1, -0.05) is 68.4 Å². The Kier molecular flexibility index (Phi) is 14.6. The molecule has 14 nitrogen and oxygen atoms in total. The van der Waals surface area contributed by atoms with Gasteiger partial charge >= 0.3 is 0 Å². The van der Waals surface area contributed by atoms with Crippen molar-refractivity contribution in [1.29, 1.82) is 5.26 Å². The molecule has 3 heterocycles. The van der Waals surface area contributed by atoms with Crippen LogP contribution in [0.1, 0.15) is 77.3 Å². The van der Waals surface area contributed by atoms with Gasteiger partial charge in [-0.25, -0.2) is 19.6 Å². The molecule has 1 aliphatic rings. The monoisotopic (exact) mass is 823 g/mol. The van der Waals surface area contributed by atoms with E-state index >= 15 is 0 Å². The second kappa shape index (κ2) is 19.8. The van der Waals surface area contributed by atoms with Crippen LogP contribution in [0.2, 0.25) is 0 Å². The lowest BCUT2D eigenvalue weighted by Gasteiger charge is -2.39. The predicted molar refractivity (Wildman–Crippen MR) is 226 cm³/mol. The first-order chi connectivity index (χ1) is 28.5.